The van der Waals surface area contributed by atoms with Crippen LogP contribution in [0.25, 0.3) is 0 Å². The molecule has 0 N–H and O–H groups in total. The first-order valence-electron chi connectivity index (χ1n) is 7.56. The van der Waals surface area contributed by atoms with Gasteiger partial charge >= 0.3 is 5.97 Å². The summed E-state index contributed by atoms with van der Waals surface area (Å²) < 4.78 is 10.2. The summed E-state index contributed by atoms with van der Waals surface area (Å²) in [6, 6.07) is 3.51. The Labute approximate surface area is 131 Å². The number of methoxy groups -OCH3 is 1. The molecular weight excluding hydrogens is 284 g/mol. The van der Waals surface area contributed by atoms with Gasteiger partial charge in [-0.3, -0.25) is 9.69 Å². The molecule has 1 amide bonds. The maximum atomic E-state index is 11.4. The van der Waals surface area contributed by atoms with Gasteiger partial charge in [-0.2, -0.15) is 0 Å². The fourth-order valence-corrected chi connectivity index (χ4v) is 2.84. The summed E-state index contributed by atoms with van der Waals surface area (Å²) in [5.74, 6) is 1.12. The van der Waals surface area contributed by atoms with Crippen molar-refractivity contribution in [3.63, 3.8) is 0 Å². The summed E-state index contributed by atoms with van der Waals surface area (Å²) in [5.41, 5.74) is 0. The quantitative estimate of drug-likeness (QED) is 0.778. The van der Waals surface area contributed by atoms with Crippen molar-refractivity contribution in [2.24, 2.45) is 5.92 Å². The minimum absolute atomic E-state index is 0.0600. The van der Waals surface area contributed by atoms with Crippen LogP contribution in [0.15, 0.2) is 16.5 Å². The largest absolute Gasteiger partial charge is 0.463 e. The molecule has 6 nitrogen and oxygen atoms in total. The molecule has 0 saturated carbocycles. The van der Waals surface area contributed by atoms with Crippen LogP contribution in [-0.4, -0.2) is 55.5 Å². The van der Waals surface area contributed by atoms with Gasteiger partial charge in [0.25, 0.3) is 0 Å². The maximum absolute atomic E-state index is 11.4. The van der Waals surface area contributed by atoms with Crippen molar-refractivity contribution in [1.82, 2.24) is 9.80 Å². The molecule has 1 aliphatic heterocycles. The van der Waals surface area contributed by atoms with Crippen molar-refractivity contribution in [2.75, 3.05) is 33.8 Å². The molecule has 0 unspecified atom stereocenters. The lowest BCUT2D eigenvalue weighted by molar-refractivity contribution is -0.127. The fourth-order valence-electron chi connectivity index (χ4n) is 2.84. The first-order chi connectivity index (χ1) is 10.4. The van der Waals surface area contributed by atoms with Crippen molar-refractivity contribution in [3.8, 4) is 0 Å². The molecule has 22 heavy (non-hydrogen) atoms. The molecule has 1 aromatic heterocycles. The smallest absolute Gasteiger partial charge is 0.373 e. The molecule has 122 valence electrons. The van der Waals surface area contributed by atoms with Crippen LogP contribution in [0.3, 0.4) is 0 Å². The number of amides is 1. The van der Waals surface area contributed by atoms with Crippen LogP contribution in [0, 0.1) is 5.92 Å². The Kier molecular flexibility index (Phi) is 5.24. The van der Waals surface area contributed by atoms with Crippen molar-refractivity contribution in [2.45, 2.75) is 26.3 Å². The van der Waals surface area contributed by atoms with Crippen LogP contribution in [0.1, 0.15) is 42.6 Å². The molecule has 0 radical (unpaired) electrons. The van der Waals surface area contributed by atoms with E-state index in [-0.39, 0.29) is 17.7 Å². The van der Waals surface area contributed by atoms with E-state index in [1.165, 1.54) is 7.11 Å². The minimum Gasteiger partial charge on any atom is -0.463 e. The highest BCUT2D eigenvalue weighted by Crippen LogP contribution is 2.25. The molecule has 2 heterocycles. The number of likely N-dealkylation sites (tertiary alicyclic amines) is 1. The van der Waals surface area contributed by atoms with Crippen LogP contribution in [0.4, 0.5) is 0 Å². The van der Waals surface area contributed by atoms with Gasteiger partial charge in [0.1, 0.15) is 5.76 Å². The minimum atomic E-state index is -0.464. The number of nitrogens with zero attached hydrogens (tertiary/aromatic N) is 2. The van der Waals surface area contributed by atoms with Gasteiger partial charge in [-0.1, -0.05) is 0 Å². The molecule has 0 aliphatic carbocycles. The highest BCUT2D eigenvalue weighted by molar-refractivity contribution is 5.86. The number of esters is 1. The van der Waals surface area contributed by atoms with Crippen LogP contribution in [-0.2, 0) is 9.53 Å². The molecule has 6 heteroatoms. The third-order valence-electron chi connectivity index (χ3n) is 4.36. The van der Waals surface area contributed by atoms with E-state index in [0.717, 1.165) is 31.8 Å². The second-order valence-corrected chi connectivity index (χ2v) is 5.93. The van der Waals surface area contributed by atoms with E-state index in [9.17, 15) is 9.59 Å². The van der Waals surface area contributed by atoms with Gasteiger partial charge in [-0.05, 0) is 38.4 Å². The van der Waals surface area contributed by atoms with E-state index < -0.39 is 5.97 Å². The topological polar surface area (TPSA) is 63.0 Å². The molecular formula is C16H24N2O4. The molecule has 1 aliphatic rings. The predicted octanol–water partition coefficient (Wildman–Crippen LogP) is 1.93. The number of hydrogen-bond acceptors (Lipinski definition) is 5. The van der Waals surface area contributed by atoms with Gasteiger partial charge in [0.05, 0.1) is 13.2 Å². The van der Waals surface area contributed by atoms with E-state index in [1.807, 2.05) is 24.9 Å². The highest BCUT2D eigenvalue weighted by atomic mass is 16.5. The molecule has 1 saturated heterocycles. The number of furan rings is 1. The lowest BCUT2D eigenvalue weighted by Crippen LogP contribution is -2.31. The molecule has 1 aromatic rings. The third kappa shape index (κ3) is 3.68. The Balaban J connectivity index is 1.92. The van der Waals surface area contributed by atoms with Gasteiger partial charge in [0.2, 0.25) is 11.7 Å². The van der Waals surface area contributed by atoms with Gasteiger partial charge in [0.15, 0.2) is 0 Å². The summed E-state index contributed by atoms with van der Waals surface area (Å²) in [7, 11) is 3.36. The molecule has 1 fully saturated rings. The number of carbonyl (C=O) groups is 2. The third-order valence-corrected chi connectivity index (χ3v) is 4.36. The SMILES string of the molecule is COC(=O)c1ccc([C@@H](C)N(C)C[C@H]2CCN(C(C)=O)C2)o1. The Morgan fingerprint density at radius 2 is 2.23 bits per heavy atom. The Morgan fingerprint density at radius 3 is 2.82 bits per heavy atom. The van der Waals surface area contributed by atoms with E-state index in [4.69, 9.17) is 4.42 Å². The van der Waals surface area contributed by atoms with Gasteiger partial charge < -0.3 is 14.1 Å². The lowest BCUT2D eigenvalue weighted by atomic mass is 10.1. The van der Waals surface area contributed by atoms with Gasteiger partial charge in [0, 0.05) is 26.6 Å². The van der Waals surface area contributed by atoms with Crippen LogP contribution >= 0.6 is 0 Å². The highest BCUT2D eigenvalue weighted by Gasteiger charge is 2.27. The fraction of sp³-hybridized carbons (Fsp3) is 0.625. The summed E-state index contributed by atoms with van der Waals surface area (Å²) in [4.78, 5) is 26.9. The molecule has 2 rings (SSSR count). The number of ether oxygens (including phenoxy) is 1. The van der Waals surface area contributed by atoms with Crippen molar-refractivity contribution < 1.29 is 18.7 Å². The average molecular weight is 308 g/mol. The second-order valence-electron chi connectivity index (χ2n) is 5.93. The van der Waals surface area contributed by atoms with E-state index >= 15 is 0 Å². The number of hydrogen-bond donors (Lipinski definition) is 0. The number of rotatable bonds is 5. The van der Waals surface area contributed by atoms with E-state index in [2.05, 4.69) is 9.64 Å². The van der Waals surface area contributed by atoms with Crippen LogP contribution < -0.4 is 0 Å². The Bertz CT molecular complexity index is 540. The zero-order chi connectivity index (χ0) is 16.3. The first kappa shape index (κ1) is 16.5. The van der Waals surface area contributed by atoms with E-state index in [1.54, 1.807) is 13.0 Å². The van der Waals surface area contributed by atoms with Crippen molar-refractivity contribution >= 4 is 11.9 Å². The van der Waals surface area contributed by atoms with E-state index in [0.29, 0.717) is 5.92 Å². The lowest BCUT2D eigenvalue weighted by Gasteiger charge is -2.26. The predicted molar refractivity (Wildman–Crippen MR) is 81.5 cm³/mol. The zero-order valence-electron chi connectivity index (χ0n) is 13.7. The van der Waals surface area contributed by atoms with Crippen LogP contribution in [0.5, 0.6) is 0 Å². The summed E-state index contributed by atoms with van der Waals surface area (Å²) in [5, 5.41) is 0. The first-order valence-corrected chi connectivity index (χ1v) is 7.56. The van der Waals surface area contributed by atoms with Crippen LogP contribution in [0.2, 0.25) is 0 Å². The van der Waals surface area contributed by atoms with Crippen molar-refractivity contribution in [3.05, 3.63) is 23.7 Å². The zero-order valence-corrected chi connectivity index (χ0v) is 13.7. The number of carbonyl (C=O) groups excluding carboxylic acids is 2. The summed E-state index contributed by atoms with van der Waals surface area (Å²) >= 11 is 0. The van der Waals surface area contributed by atoms with Gasteiger partial charge in [-0.25, -0.2) is 4.79 Å². The molecule has 2 atom stereocenters. The summed E-state index contributed by atoms with van der Waals surface area (Å²) in [6.45, 7) is 6.20. The Morgan fingerprint density at radius 1 is 1.50 bits per heavy atom. The summed E-state index contributed by atoms with van der Waals surface area (Å²) in [6.07, 6.45) is 1.03. The normalized spacial score (nSPS) is 19.5. The van der Waals surface area contributed by atoms with Crippen molar-refractivity contribution in [1.29, 1.82) is 0 Å². The molecule has 0 bridgehead atoms. The Hall–Kier alpha value is -1.82. The molecule has 0 aromatic carbocycles. The molecule has 0 spiro atoms. The maximum Gasteiger partial charge on any atom is 0.373 e. The van der Waals surface area contributed by atoms with Gasteiger partial charge in [-0.15, -0.1) is 0 Å². The second kappa shape index (κ2) is 6.96. The average Bonchev–Trinajstić information content (AvgIpc) is 3.14. The monoisotopic (exact) mass is 308 g/mol. The standard InChI is InChI=1S/C16H24N2O4/c1-11(14-5-6-15(22-14)16(20)21-4)17(3)9-13-7-8-18(10-13)12(2)19/h5-6,11,13H,7-10H2,1-4H3/t11-,13-/m1/s1.